The summed E-state index contributed by atoms with van der Waals surface area (Å²) in [5.41, 5.74) is 1.55. The molecule has 1 heterocycles. The summed E-state index contributed by atoms with van der Waals surface area (Å²) in [7, 11) is 0. The van der Waals surface area contributed by atoms with Crippen molar-refractivity contribution in [1.29, 1.82) is 0 Å². The smallest absolute Gasteiger partial charge is 0.134 e. The standard InChI is InChI=1S/C9H8FNO/c10-7-1-2-9-6(3-7)4-8(12)5-11-9/h3-5,12H,1-2H2. The molecule has 62 valence electrons. The lowest BCUT2D eigenvalue weighted by Gasteiger charge is -2.10. The molecule has 3 heteroatoms. The third kappa shape index (κ3) is 1.18. The van der Waals surface area contributed by atoms with Crippen molar-refractivity contribution >= 4 is 6.08 Å². The van der Waals surface area contributed by atoms with Crippen LogP contribution in [0.3, 0.4) is 0 Å². The summed E-state index contributed by atoms with van der Waals surface area (Å²) >= 11 is 0. The molecule has 12 heavy (non-hydrogen) atoms. The maximum Gasteiger partial charge on any atom is 0.134 e. The minimum absolute atomic E-state index is 0.0831. The Morgan fingerprint density at radius 3 is 3.08 bits per heavy atom. The van der Waals surface area contributed by atoms with E-state index in [4.69, 9.17) is 5.11 Å². The van der Waals surface area contributed by atoms with Crippen molar-refractivity contribution < 1.29 is 9.50 Å². The summed E-state index contributed by atoms with van der Waals surface area (Å²) in [6.07, 6.45) is 3.85. The van der Waals surface area contributed by atoms with Gasteiger partial charge in [0.05, 0.1) is 6.20 Å². The van der Waals surface area contributed by atoms with Crippen molar-refractivity contribution in [3.05, 3.63) is 29.3 Å². The molecule has 0 unspecified atom stereocenters. The summed E-state index contributed by atoms with van der Waals surface area (Å²) in [5.74, 6) is -0.0606. The van der Waals surface area contributed by atoms with E-state index in [1.54, 1.807) is 0 Å². The van der Waals surface area contributed by atoms with E-state index in [0.717, 1.165) is 5.69 Å². The van der Waals surface area contributed by atoms with Crippen LogP contribution in [0.1, 0.15) is 17.7 Å². The Hall–Kier alpha value is -1.38. The summed E-state index contributed by atoms with van der Waals surface area (Å²) in [4.78, 5) is 3.99. The van der Waals surface area contributed by atoms with Gasteiger partial charge in [0.2, 0.25) is 0 Å². The molecule has 0 atom stereocenters. The molecule has 1 aromatic heterocycles. The lowest BCUT2D eigenvalue weighted by Crippen LogP contribution is -1.99. The molecule has 2 nitrogen and oxygen atoms in total. The van der Waals surface area contributed by atoms with E-state index in [1.165, 1.54) is 18.3 Å². The first-order valence-corrected chi connectivity index (χ1v) is 3.79. The zero-order valence-corrected chi connectivity index (χ0v) is 6.42. The highest BCUT2D eigenvalue weighted by Gasteiger charge is 2.11. The Balaban J connectivity index is 2.53. The van der Waals surface area contributed by atoms with Crippen LogP contribution in [0.4, 0.5) is 4.39 Å². The first-order chi connectivity index (χ1) is 5.75. The maximum absolute atomic E-state index is 12.7. The van der Waals surface area contributed by atoms with Crippen molar-refractivity contribution in [1.82, 2.24) is 4.98 Å². The summed E-state index contributed by atoms with van der Waals surface area (Å²) in [5, 5.41) is 9.06. The number of rotatable bonds is 0. The summed E-state index contributed by atoms with van der Waals surface area (Å²) in [6.45, 7) is 0. The molecule has 1 aromatic rings. The molecular formula is C9H8FNO. The van der Waals surface area contributed by atoms with Crippen molar-refractivity contribution in [2.24, 2.45) is 0 Å². The van der Waals surface area contributed by atoms with Crippen molar-refractivity contribution in [3.8, 4) is 5.75 Å². The van der Waals surface area contributed by atoms with Gasteiger partial charge in [-0.15, -0.1) is 0 Å². The molecule has 1 aliphatic carbocycles. The number of aromatic hydroxyl groups is 1. The zero-order chi connectivity index (χ0) is 8.55. The first-order valence-electron chi connectivity index (χ1n) is 3.79. The molecule has 0 bridgehead atoms. The molecular weight excluding hydrogens is 157 g/mol. The lowest BCUT2D eigenvalue weighted by molar-refractivity contribution is 0.471. The second-order valence-corrected chi connectivity index (χ2v) is 2.82. The second kappa shape index (κ2) is 2.59. The molecule has 0 fully saturated rings. The zero-order valence-electron chi connectivity index (χ0n) is 6.42. The van der Waals surface area contributed by atoms with Gasteiger partial charge in [-0.3, -0.25) is 4.98 Å². The Kier molecular flexibility index (Phi) is 1.57. The van der Waals surface area contributed by atoms with Crippen LogP contribution in [0, 0.1) is 0 Å². The van der Waals surface area contributed by atoms with Gasteiger partial charge in [-0.1, -0.05) is 0 Å². The topological polar surface area (TPSA) is 33.1 Å². The van der Waals surface area contributed by atoms with Gasteiger partial charge < -0.3 is 5.11 Å². The van der Waals surface area contributed by atoms with Crippen molar-refractivity contribution in [2.75, 3.05) is 0 Å². The van der Waals surface area contributed by atoms with Gasteiger partial charge in [0.15, 0.2) is 0 Å². The third-order valence-corrected chi connectivity index (χ3v) is 1.90. The van der Waals surface area contributed by atoms with Crippen LogP contribution in [0.2, 0.25) is 0 Å². The van der Waals surface area contributed by atoms with E-state index in [0.29, 0.717) is 18.4 Å². The molecule has 0 amide bonds. The van der Waals surface area contributed by atoms with Gasteiger partial charge >= 0.3 is 0 Å². The molecule has 1 N–H and O–H groups in total. The lowest BCUT2D eigenvalue weighted by atomic mass is 10.0. The maximum atomic E-state index is 12.7. The molecule has 0 saturated carbocycles. The molecule has 0 saturated heterocycles. The summed E-state index contributed by atoms with van der Waals surface area (Å²) in [6, 6.07) is 1.53. The number of fused-ring (bicyclic) bond motifs is 1. The number of nitrogens with zero attached hydrogens (tertiary/aromatic N) is 1. The van der Waals surface area contributed by atoms with Crippen molar-refractivity contribution in [2.45, 2.75) is 12.8 Å². The minimum atomic E-state index is -0.144. The highest BCUT2D eigenvalue weighted by atomic mass is 19.1. The fourth-order valence-corrected chi connectivity index (χ4v) is 1.31. The molecule has 0 aliphatic heterocycles. The van der Waals surface area contributed by atoms with E-state index in [-0.39, 0.29) is 11.6 Å². The van der Waals surface area contributed by atoms with Crippen LogP contribution >= 0.6 is 0 Å². The monoisotopic (exact) mass is 165 g/mol. The van der Waals surface area contributed by atoms with Crippen LogP contribution in [-0.4, -0.2) is 10.1 Å². The van der Waals surface area contributed by atoms with E-state index in [1.807, 2.05) is 0 Å². The Labute approximate surface area is 69.4 Å². The Bertz CT molecular complexity index is 346. The predicted octanol–water partition coefficient (Wildman–Crippen LogP) is 2.04. The Morgan fingerprint density at radius 2 is 2.25 bits per heavy atom. The second-order valence-electron chi connectivity index (χ2n) is 2.82. The first kappa shape index (κ1) is 7.28. The Morgan fingerprint density at radius 1 is 1.42 bits per heavy atom. The number of hydrogen-bond acceptors (Lipinski definition) is 2. The number of allylic oxidation sites excluding steroid dienone is 1. The van der Waals surface area contributed by atoms with Gasteiger partial charge in [0.25, 0.3) is 0 Å². The number of hydrogen-bond donors (Lipinski definition) is 1. The van der Waals surface area contributed by atoms with Crippen LogP contribution < -0.4 is 0 Å². The molecule has 1 aliphatic rings. The van der Waals surface area contributed by atoms with E-state index >= 15 is 0 Å². The van der Waals surface area contributed by atoms with Crippen molar-refractivity contribution in [3.63, 3.8) is 0 Å². The largest absolute Gasteiger partial charge is 0.506 e. The highest BCUT2D eigenvalue weighted by molar-refractivity contribution is 5.57. The average Bonchev–Trinajstić information content (AvgIpc) is 2.03. The number of pyridine rings is 1. The fraction of sp³-hybridized carbons (Fsp3) is 0.222. The van der Waals surface area contributed by atoms with E-state index in [2.05, 4.69) is 4.98 Å². The van der Waals surface area contributed by atoms with E-state index < -0.39 is 0 Å². The van der Waals surface area contributed by atoms with Gasteiger partial charge in [-0.05, 0) is 18.6 Å². The molecule has 2 rings (SSSR count). The van der Waals surface area contributed by atoms with Gasteiger partial charge in [-0.2, -0.15) is 0 Å². The van der Waals surface area contributed by atoms with Crippen LogP contribution in [0.5, 0.6) is 5.75 Å². The average molecular weight is 165 g/mol. The molecule has 0 aromatic carbocycles. The highest BCUT2D eigenvalue weighted by Crippen LogP contribution is 2.25. The van der Waals surface area contributed by atoms with Crippen LogP contribution in [0.15, 0.2) is 18.1 Å². The minimum Gasteiger partial charge on any atom is -0.506 e. The predicted molar refractivity (Wildman–Crippen MR) is 43.3 cm³/mol. The molecule has 0 spiro atoms. The SMILES string of the molecule is Oc1cnc2c(c1)C=C(F)CC2. The van der Waals surface area contributed by atoms with Gasteiger partial charge in [0, 0.05) is 17.7 Å². The van der Waals surface area contributed by atoms with Gasteiger partial charge in [-0.25, -0.2) is 4.39 Å². The molecule has 0 radical (unpaired) electrons. The normalized spacial score (nSPS) is 15.2. The fourth-order valence-electron chi connectivity index (χ4n) is 1.31. The number of halogens is 1. The van der Waals surface area contributed by atoms with Crippen LogP contribution in [0.25, 0.3) is 6.08 Å². The van der Waals surface area contributed by atoms with Gasteiger partial charge in [0.1, 0.15) is 11.6 Å². The quantitative estimate of drug-likeness (QED) is 0.638. The third-order valence-electron chi connectivity index (χ3n) is 1.90. The summed E-state index contributed by atoms with van der Waals surface area (Å²) < 4.78 is 12.7. The number of aryl methyl sites for hydroxylation is 1. The number of aromatic nitrogens is 1. The van der Waals surface area contributed by atoms with Crippen LogP contribution in [-0.2, 0) is 6.42 Å². The van der Waals surface area contributed by atoms with E-state index in [9.17, 15) is 4.39 Å².